The number of pyridine rings is 1. The van der Waals surface area contributed by atoms with Crippen molar-refractivity contribution < 1.29 is 9.52 Å². The number of hydrogen-bond donors (Lipinski definition) is 1. The quantitative estimate of drug-likeness (QED) is 0.125. The standard InChI is InChI=1S/C106H97N3O2/c1-63(2)70-52-71(64(3)4)54-74(53-70)81-42-29-41-80(69-38-24-19-25-39-69)96(81)86-61-77(62-93-97(86)84-40-26-27-47-92(84)111-93)94-85(48-51-90-100(94)108-102(109(90)101-65(5)32-28-33-66(101)6)89-50-49-88-99(107-89)98-87(45-31-46-91(98)110)105(13,14)106(88,15)16)95-82(75-55-72(67-34-20-17-21-35-67)57-78(59-75)103(7,8)9)43-30-44-83(95)76-56-73(68-36-22-18-23-37-68)58-79(60-76)104(10,11)12/h17-64,110H,1-16H3. The lowest BCUT2D eigenvalue weighted by molar-refractivity contribution is 0.296. The average Bonchev–Trinajstić information content (AvgIpc) is 1.66. The summed E-state index contributed by atoms with van der Waals surface area (Å²) >= 11 is 0. The van der Waals surface area contributed by atoms with Crippen LogP contribution >= 0.6 is 0 Å². The van der Waals surface area contributed by atoms with Crippen LogP contribution in [0.4, 0.5) is 0 Å². The summed E-state index contributed by atoms with van der Waals surface area (Å²) in [6.45, 7) is 36.8. The van der Waals surface area contributed by atoms with E-state index in [9.17, 15) is 5.11 Å². The summed E-state index contributed by atoms with van der Waals surface area (Å²) in [6.07, 6.45) is 0. The lowest BCUT2D eigenvalue weighted by Crippen LogP contribution is -2.43. The summed E-state index contributed by atoms with van der Waals surface area (Å²) in [5.41, 5.74) is 34.3. The van der Waals surface area contributed by atoms with Crippen molar-refractivity contribution in [1.29, 1.82) is 0 Å². The Morgan fingerprint density at radius 2 is 0.856 bits per heavy atom. The van der Waals surface area contributed by atoms with Crippen LogP contribution in [0.1, 0.15) is 153 Å². The fourth-order valence-electron chi connectivity index (χ4n) is 17.4. The van der Waals surface area contributed by atoms with Gasteiger partial charge in [-0.2, -0.15) is 0 Å². The minimum absolute atomic E-state index is 0.209. The monoisotopic (exact) mass is 1440 g/mol. The Hall–Kier alpha value is -11.9. The van der Waals surface area contributed by atoms with Crippen LogP contribution in [0.15, 0.2) is 283 Å². The summed E-state index contributed by atoms with van der Waals surface area (Å²) in [5, 5.41) is 14.3. The number of rotatable bonds is 13. The normalized spacial score (nSPS) is 13.4. The highest BCUT2D eigenvalue weighted by atomic mass is 16.3. The number of phenolic OH excluding ortho intramolecular Hbond substituents is 1. The van der Waals surface area contributed by atoms with E-state index in [1.807, 2.05) is 6.07 Å². The van der Waals surface area contributed by atoms with E-state index in [0.29, 0.717) is 11.5 Å². The summed E-state index contributed by atoms with van der Waals surface area (Å²) < 4.78 is 9.86. The molecule has 0 bridgehead atoms. The number of phenols is 1. The second kappa shape index (κ2) is 27.3. The number of benzene rings is 13. The molecule has 17 rings (SSSR count). The fourth-order valence-corrected chi connectivity index (χ4v) is 17.4. The van der Waals surface area contributed by atoms with Crippen molar-refractivity contribution in [2.75, 3.05) is 0 Å². The molecule has 548 valence electrons. The average molecular weight is 1440 g/mol. The second-order valence-electron chi connectivity index (χ2n) is 34.8. The number of hydrogen-bond acceptors (Lipinski definition) is 4. The van der Waals surface area contributed by atoms with Crippen molar-refractivity contribution in [3.63, 3.8) is 0 Å². The summed E-state index contributed by atoms with van der Waals surface area (Å²) in [6, 6.07) is 103. The first kappa shape index (κ1) is 72.0. The van der Waals surface area contributed by atoms with Gasteiger partial charge in [0.15, 0.2) is 5.82 Å². The Morgan fingerprint density at radius 3 is 1.41 bits per heavy atom. The Labute approximate surface area is 655 Å². The highest BCUT2D eigenvalue weighted by Crippen LogP contribution is 2.58. The second-order valence-corrected chi connectivity index (χ2v) is 34.8. The number of aromatic nitrogens is 3. The molecule has 5 heteroatoms. The van der Waals surface area contributed by atoms with Gasteiger partial charge in [0.1, 0.15) is 22.6 Å². The highest BCUT2D eigenvalue weighted by molar-refractivity contribution is 6.19. The predicted molar refractivity (Wildman–Crippen MR) is 469 cm³/mol. The number of furan rings is 1. The number of nitrogens with zero attached hydrogens (tertiary/aromatic N) is 3. The molecule has 0 saturated carbocycles. The lowest BCUT2D eigenvalue weighted by Gasteiger charge is -2.47. The van der Waals surface area contributed by atoms with Gasteiger partial charge in [-0.05, 0) is 230 Å². The van der Waals surface area contributed by atoms with Crippen molar-refractivity contribution in [3.05, 3.63) is 324 Å². The first-order valence-electron chi connectivity index (χ1n) is 39.5. The van der Waals surface area contributed by atoms with Crippen LogP contribution in [-0.2, 0) is 21.7 Å². The maximum Gasteiger partial charge on any atom is 0.164 e. The van der Waals surface area contributed by atoms with Crippen LogP contribution in [0.3, 0.4) is 0 Å². The minimum Gasteiger partial charge on any atom is -0.507 e. The van der Waals surface area contributed by atoms with E-state index in [2.05, 4.69) is 382 Å². The van der Waals surface area contributed by atoms with E-state index in [1.165, 1.54) is 27.8 Å². The number of aryl methyl sites for hydroxylation is 2. The van der Waals surface area contributed by atoms with E-state index in [4.69, 9.17) is 14.4 Å². The molecule has 0 saturated heterocycles. The molecule has 1 aliphatic rings. The molecule has 5 nitrogen and oxygen atoms in total. The molecule has 0 aliphatic heterocycles. The first-order chi connectivity index (χ1) is 53.2. The maximum absolute atomic E-state index is 12.2. The molecule has 0 fully saturated rings. The van der Waals surface area contributed by atoms with Gasteiger partial charge in [0.25, 0.3) is 0 Å². The van der Waals surface area contributed by atoms with Crippen LogP contribution in [0.5, 0.6) is 5.75 Å². The Morgan fingerprint density at radius 1 is 0.369 bits per heavy atom. The topological polar surface area (TPSA) is 64.1 Å². The molecule has 0 amide bonds. The van der Waals surface area contributed by atoms with E-state index < -0.39 is 0 Å². The molecule has 0 unspecified atom stereocenters. The smallest absolute Gasteiger partial charge is 0.164 e. The van der Waals surface area contributed by atoms with Gasteiger partial charge >= 0.3 is 0 Å². The lowest BCUT2D eigenvalue weighted by atomic mass is 9.56. The molecular weight excluding hydrogens is 1350 g/mol. The van der Waals surface area contributed by atoms with Gasteiger partial charge in [0.05, 0.1) is 22.4 Å². The Balaban J connectivity index is 1.08. The zero-order chi connectivity index (χ0) is 77.3. The number of fused-ring (bicyclic) bond motifs is 7. The zero-order valence-electron chi connectivity index (χ0n) is 66.9. The van der Waals surface area contributed by atoms with Crippen molar-refractivity contribution >= 4 is 33.0 Å². The van der Waals surface area contributed by atoms with Crippen LogP contribution in [0, 0.1) is 13.8 Å². The van der Waals surface area contributed by atoms with Gasteiger partial charge in [-0.25, -0.2) is 9.97 Å². The largest absolute Gasteiger partial charge is 0.507 e. The van der Waals surface area contributed by atoms with Crippen LogP contribution in [0.2, 0.25) is 0 Å². The van der Waals surface area contributed by atoms with Crippen molar-refractivity contribution in [3.8, 4) is 134 Å². The predicted octanol–water partition coefficient (Wildman–Crippen LogP) is 29.4. The van der Waals surface area contributed by atoms with Gasteiger partial charge in [-0.3, -0.25) is 4.57 Å². The van der Waals surface area contributed by atoms with Crippen molar-refractivity contribution in [1.82, 2.24) is 14.5 Å². The molecular formula is C106H97N3O2. The van der Waals surface area contributed by atoms with Gasteiger partial charge in [0, 0.05) is 27.3 Å². The molecule has 1 N–H and O–H groups in total. The molecule has 0 atom stereocenters. The molecule has 13 aromatic carbocycles. The molecule has 0 spiro atoms. The molecule has 111 heavy (non-hydrogen) atoms. The molecule has 3 aromatic heterocycles. The van der Waals surface area contributed by atoms with Gasteiger partial charge in [-0.15, -0.1) is 0 Å². The third-order valence-electron chi connectivity index (χ3n) is 24.4. The van der Waals surface area contributed by atoms with Crippen LogP contribution < -0.4 is 0 Å². The van der Waals surface area contributed by atoms with Crippen molar-refractivity contribution in [2.24, 2.45) is 0 Å². The first-order valence-corrected chi connectivity index (χ1v) is 39.5. The fraction of sp³-hybridized carbons (Fsp3) is 0.208. The third-order valence-corrected chi connectivity index (χ3v) is 24.4. The van der Waals surface area contributed by atoms with Gasteiger partial charge < -0.3 is 9.52 Å². The third kappa shape index (κ3) is 12.4. The van der Waals surface area contributed by atoms with E-state index in [-0.39, 0.29) is 39.2 Å². The van der Waals surface area contributed by atoms with Gasteiger partial charge in [0.2, 0.25) is 0 Å². The highest BCUT2D eigenvalue weighted by Gasteiger charge is 2.48. The molecule has 3 heterocycles. The number of imidazole rings is 1. The number of para-hydroxylation sites is 2. The minimum atomic E-state index is -0.378. The summed E-state index contributed by atoms with van der Waals surface area (Å²) in [5.74, 6) is 1.47. The maximum atomic E-state index is 12.2. The number of aromatic hydroxyl groups is 1. The Kier molecular flexibility index (Phi) is 17.7. The van der Waals surface area contributed by atoms with E-state index in [1.54, 1.807) is 6.07 Å². The van der Waals surface area contributed by atoms with E-state index >= 15 is 0 Å². The summed E-state index contributed by atoms with van der Waals surface area (Å²) in [4.78, 5) is 12.2. The SMILES string of the molecule is Cc1cccc(C)c1-n1c(-c2ccc3c(n2)-c2c(O)cccc2C(C)(C)C3(C)C)nc2c(-c3cc(-c4c(-c5ccccc5)cccc4-c4cc(C(C)C)cc(C(C)C)c4)c4c(c3)oc3ccccc34)c(-c3c(-c4cc(-c5ccccc5)cc(C(C)(C)C)c4)cccc3-c3cc(-c4ccccc4)cc(C(C)(C)C)c3)ccc21. The van der Waals surface area contributed by atoms with Crippen molar-refractivity contribution in [2.45, 2.75) is 144 Å². The molecule has 0 radical (unpaired) electrons. The molecule has 1 aliphatic carbocycles. The Bertz CT molecular complexity index is 6200. The van der Waals surface area contributed by atoms with Gasteiger partial charge in [-0.1, -0.05) is 327 Å². The zero-order valence-corrected chi connectivity index (χ0v) is 66.9. The van der Waals surface area contributed by atoms with Crippen LogP contribution in [0.25, 0.3) is 162 Å². The summed E-state index contributed by atoms with van der Waals surface area (Å²) in [7, 11) is 0. The van der Waals surface area contributed by atoms with Crippen LogP contribution in [-0.4, -0.2) is 19.6 Å². The molecule has 16 aromatic rings. The van der Waals surface area contributed by atoms with E-state index in [0.717, 1.165) is 167 Å².